The predicted octanol–water partition coefficient (Wildman–Crippen LogP) is 1.53. The number of rotatable bonds is 7. The van der Waals surface area contributed by atoms with Crippen molar-refractivity contribution in [1.29, 1.82) is 0 Å². The smallest absolute Gasteiger partial charge is 0.307 e. The Kier molecular flexibility index (Phi) is 5.85. The van der Waals surface area contributed by atoms with E-state index in [1.807, 2.05) is 17.7 Å². The molecule has 1 rings (SSSR count). The van der Waals surface area contributed by atoms with Crippen molar-refractivity contribution in [3.8, 4) is 0 Å². The Morgan fingerprint density at radius 1 is 1.56 bits per heavy atom. The number of ether oxygens (including phenoxy) is 1. The van der Waals surface area contributed by atoms with Gasteiger partial charge in [-0.05, 0) is 12.8 Å². The highest BCUT2D eigenvalue weighted by atomic mass is 16.5. The Hall–Kier alpha value is -1.36. The molecule has 1 atom stereocenters. The van der Waals surface area contributed by atoms with Crippen LogP contribution in [-0.4, -0.2) is 28.7 Å². The van der Waals surface area contributed by atoms with Gasteiger partial charge in [0.15, 0.2) is 0 Å². The summed E-state index contributed by atoms with van der Waals surface area (Å²) in [6, 6.07) is 0. The van der Waals surface area contributed by atoms with Gasteiger partial charge in [-0.25, -0.2) is 4.98 Å². The van der Waals surface area contributed by atoms with Crippen LogP contribution < -0.4 is 5.73 Å². The molecule has 5 heteroatoms. The predicted molar refractivity (Wildman–Crippen MR) is 70.1 cm³/mol. The largest absolute Gasteiger partial charge is 0.466 e. The molecule has 0 spiro atoms. The maximum Gasteiger partial charge on any atom is 0.307 e. The van der Waals surface area contributed by atoms with Crippen LogP contribution in [0.3, 0.4) is 0 Å². The van der Waals surface area contributed by atoms with Gasteiger partial charge < -0.3 is 15.0 Å². The number of esters is 1. The van der Waals surface area contributed by atoms with Crippen LogP contribution in [0.5, 0.6) is 0 Å². The van der Waals surface area contributed by atoms with Crippen molar-refractivity contribution in [2.24, 2.45) is 11.7 Å². The van der Waals surface area contributed by atoms with Gasteiger partial charge in [0.05, 0.1) is 19.4 Å². The number of imidazole rings is 1. The standard InChI is InChI=1S/C13H23N3O2/c1-4-18-13(17)5-6-16-9-15-8-12(16)11(7-14)10(2)3/h8-11H,4-7,14H2,1-3H3. The maximum absolute atomic E-state index is 11.3. The van der Waals surface area contributed by atoms with E-state index >= 15 is 0 Å². The summed E-state index contributed by atoms with van der Waals surface area (Å²) in [6.07, 6.45) is 3.95. The summed E-state index contributed by atoms with van der Waals surface area (Å²) < 4.78 is 6.91. The summed E-state index contributed by atoms with van der Waals surface area (Å²) in [6.45, 7) is 7.69. The minimum Gasteiger partial charge on any atom is -0.466 e. The summed E-state index contributed by atoms with van der Waals surface area (Å²) in [4.78, 5) is 15.5. The average molecular weight is 253 g/mol. The third-order valence-electron chi connectivity index (χ3n) is 3.05. The third-order valence-corrected chi connectivity index (χ3v) is 3.05. The van der Waals surface area contributed by atoms with Gasteiger partial charge in [0.1, 0.15) is 0 Å². The van der Waals surface area contributed by atoms with Crippen molar-refractivity contribution >= 4 is 5.97 Å². The zero-order chi connectivity index (χ0) is 13.5. The molecular weight excluding hydrogens is 230 g/mol. The molecule has 102 valence electrons. The second-order valence-electron chi connectivity index (χ2n) is 4.65. The lowest BCUT2D eigenvalue weighted by Crippen LogP contribution is -2.21. The zero-order valence-electron chi connectivity index (χ0n) is 11.4. The first kappa shape index (κ1) is 14.7. The van der Waals surface area contributed by atoms with Crippen LogP contribution in [0.1, 0.15) is 38.8 Å². The first-order chi connectivity index (χ1) is 8.60. The van der Waals surface area contributed by atoms with Gasteiger partial charge in [-0.15, -0.1) is 0 Å². The normalized spacial score (nSPS) is 12.7. The number of carbonyl (C=O) groups excluding carboxylic acids is 1. The van der Waals surface area contributed by atoms with Crippen LogP contribution in [0.25, 0.3) is 0 Å². The van der Waals surface area contributed by atoms with Gasteiger partial charge >= 0.3 is 5.97 Å². The van der Waals surface area contributed by atoms with E-state index in [4.69, 9.17) is 10.5 Å². The summed E-state index contributed by atoms with van der Waals surface area (Å²) in [5.74, 6) is 0.550. The molecule has 0 aromatic carbocycles. The average Bonchev–Trinajstić information content (AvgIpc) is 2.75. The molecular formula is C13H23N3O2. The van der Waals surface area contributed by atoms with E-state index in [0.717, 1.165) is 5.69 Å². The van der Waals surface area contributed by atoms with Crippen LogP contribution in [-0.2, 0) is 16.1 Å². The fourth-order valence-corrected chi connectivity index (χ4v) is 2.01. The van der Waals surface area contributed by atoms with Crippen molar-refractivity contribution in [2.75, 3.05) is 13.2 Å². The van der Waals surface area contributed by atoms with Crippen LogP contribution >= 0.6 is 0 Å². The number of nitrogens with zero attached hydrogens (tertiary/aromatic N) is 2. The minimum absolute atomic E-state index is 0.175. The second-order valence-corrected chi connectivity index (χ2v) is 4.65. The maximum atomic E-state index is 11.3. The van der Waals surface area contributed by atoms with Gasteiger partial charge in [0.2, 0.25) is 0 Å². The van der Waals surface area contributed by atoms with E-state index < -0.39 is 0 Å². The van der Waals surface area contributed by atoms with E-state index in [1.54, 1.807) is 6.33 Å². The van der Waals surface area contributed by atoms with Gasteiger partial charge in [0, 0.05) is 30.9 Å². The number of hydrogen-bond donors (Lipinski definition) is 1. The quantitative estimate of drug-likeness (QED) is 0.748. The second kappa shape index (κ2) is 7.16. The first-order valence-corrected chi connectivity index (χ1v) is 6.45. The van der Waals surface area contributed by atoms with Crippen LogP contribution in [0.4, 0.5) is 0 Å². The monoisotopic (exact) mass is 253 g/mol. The van der Waals surface area contributed by atoms with Crippen LogP contribution in [0, 0.1) is 5.92 Å². The molecule has 0 radical (unpaired) electrons. The van der Waals surface area contributed by atoms with Crippen LogP contribution in [0.15, 0.2) is 12.5 Å². The Labute approximate surface area is 108 Å². The summed E-state index contributed by atoms with van der Waals surface area (Å²) in [5, 5.41) is 0. The fourth-order valence-electron chi connectivity index (χ4n) is 2.01. The van der Waals surface area contributed by atoms with Gasteiger partial charge in [-0.1, -0.05) is 13.8 Å². The van der Waals surface area contributed by atoms with E-state index in [1.165, 1.54) is 0 Å². The number of aryl methyl sites for hydroxylation is 1. The molecule has 18 heavy (non-hydrogen) atoms. The molecule has 0 aliphatic rings. The SMILES string of the molecule is CCOC(=O)CCn1cncc1C(CN)C(C)C. The molecule has 0 amide bonds. The Morgan fingerprint density at radius 3 is 2.83 bits per heavy atom. The van der Waals surface area contributed by atoms with E-state index in [2.05, 4.69) is 18.8 Å². The molecule has 0 bridgehead atoms. The van der Waals surface area contributed by atoms with E-state index in [0.29, 0.717) is 32.0 Å². The van der Waals surface area contributed by atoms with Crippen molar-refractivity contribution < 1.29 is 9.53 Å². The molecule has 0 saturated heterocycles. The molecule has 1 aromatic heterocycles. The van der Waals surface area contributed by atoms with Gasteiger partial charge in [-0.3, -0.25) is 4.79 Å². The summed E-state index contributed by atoms with van der Waals surface area (Å²) in [7, 11) is 0. The molecule has 1 heterocycles. The number of nitrogens with two attached hydrogens (primary N) is 1. The zero-order valence-corrected chi connectivity index (χ0v) is 11.4. The van der Waals surface area contributed by atoms with E-state index in [9.17, 15) is 4.79 Å². The Morgan fingerprint density at radius 2 is 2.28 bits per heavy atom. The lowest BCUT2D eigenvalue weighted by Gasteiger charge is -2.20. The Balaban J connectivity index is 2.67. The van der Waals surface area contributed by atoms with E-state index in [-0.39, 0.29) is 11.9 Å². The summed E-state index contributed by atoms with van der Waals surface area (Å²) >= 11 is 0. The molecule has 0 saturated carbocycles. The topological polar surface area (TPSA) is 70.1 Å². The Bertz CT molecular complexity index is 374. The van der Waals surface area contributed by atoms with Gasteiger partial charge in [0.25, 0.3) is 0 Å². The molecule has 0 aliphatic carbocycles. The lowest BCUT2D eigenvalue weighted by molar-refractivity contribution is -0.143. The number of aromatic nitrogens is 2. The molecule has 0 fully saturated rings. The minimum atomic E-state index is -0.175. The van der Waals surface area contributed by atoms with Crippen molar-refractivity contribution in [3.05, 3.63) is 18.2 Å². The first-order valence-electron chi connectivity index (χ1n) is 6.45. The number of carbonyl (C=O) groups is 1. The van der Waals surface area contributed by atoms with Crippen molar-refractivity contribution in [2.45, 2.75) is 39.7 Å². The highest BCUT2D eigenvalue weighted by molar-refractivity contribution is 5.69. The third kappa shape index (κ3) is 3.84. The molecule has 1 unspecified atom stereocenters. The highest BCUT2D eigenvalue weighted by Crippen LogP contribution is 2.23. The van der Waals surface area contributed by atoms with Gasteiger partial charge in [-0.2, -0.15) is 0 Å². The molecule has 2 N–H and O–H groups in total. The molecule has 0 aliphatic heterocycles. The van der Waals surface area contributed by atoms with Crippen molar-refractivity contribution in [3.63, 3.8) is 0 Å². The van der Waals surface area contributed by atoms with Crippen LogP contribution in [0.2, 0.25) is 0 Å². The highest BCUT2D eigenvalue weighted by Gasteiger charge is 2.18. The lowest BCUT2D eigenvalue weighted by atomic mass is 9.93. The molecule has 5 nitrogen and oxygen atoms in total. The number of hydrogen-bond acceptors (Lipinski definition) is 4. The fraction of sp³-hybridized carbons (Fsp3) is 0.692. The van der Waals surface area contributed by atoms with Crippen molar-refractivity contribution in [1.82, 2.24) is 9.55 Å². The molecule has 1 aromatic rings. The summed E-state index contributed by atoms with van der Waals surface area (Å²) in [5.41, 5.74) is 6.90.